The number of unbranched alkanes of at least 4 members (excludes halogenated alkanes) is 2. The minimum absolute atomic E-state index is 0.0132. The lowest BCUT2D eigenvalue weighted by atomic mass is 10.0. The number of H-pyrrole nitrogens is 2. The summed E-state index contributed by atoms with van der Waals surface area (Å²) in [5.74, 6) is -10.2. The highest BCUT2D eigenvalue weighted by Crippen LogP contribution is 2.45. The second-order valence-electron chi connectivity index (χ2n) is 35.9. The van der Waals surface area contributed by atoms with E-state index in [0.717, 1.165) is 83.3 Å². The van der Waals surface area contributed by atoms with Crippen molar-refractivity contribution in [1.82, 2.24) is 58.7 Å². The number of aromatic amines is 2. The van der Waals surface area contributed by atoms with Gasteiger partial charge in [-0.1, -0.05) is 40.7 Å². The number of Topliss-reactive ketones (excluding diaryl/α,β-unsaturated/α-hetero) is 1. The van der Waals surface area contributed by atoms with E-state index in [1.165, 1.54) is 36.4 Å². The number of esters is 7. The average Bonchev–Trinajstić information content (AvgIpc) is 1.57. The van der Waals surface area contributed by atoms with Crippen LogP contribution in [0.1, 0.15) is 242 Å². The first-order valence-electron chi connectivity index (χ1n) is 49.3. The summed E-state index contributed by atoms with van der Waals surface area (Å²) in [5, 5.41) is 21.3. The Morgan fingerprint density at radius 3 is 1.41 bits per heavy atom. The molecule has 6 aromatic rings. The molecule has 0 spiro atoms. The number of sulfonamides is 4. The lowest BCUT2D eigenvalue weighted by Gasteiger charge is -2.38. The van der Waals surface area contributed by atoms with E-state index in [9.17, 15) is 106 Å². The Bertz CT molecular complexity index is 6530. The van der Waals surface area contributed by atoms with Crippen molar-refractivity contribution in [1.29, 1.82) is 0 Å². The SMILES string of the molecule is CCN(CC)CCNC(=O)c1c(C)[nH]c(/C=C2\C(=O)Nc3ccc(OC(=O)CCCCC(=O)N(CC)[C@H]4CN(CCCOC)S(=O)(=O)c5sc(S(=O)(=O)NC(=O)[C@H](C)OC(=O)[C@H](C)OC(=O)[C@H](C)O)cc54)cc32)c1C.CCN[C@H]1CN(CCCOC)S(=O)(=O)c2sc(S(=O)(=O)NC(=O)[C@H](C)OC(=O)[C@H](C)OC(=O)[C@H](C)OC(=O)CCCCC(=O)Oc3ccc4c(c3)/C(=C\c3[nH]c(C)c(C(=O)NCCN(CC)CC)c3C)C(=O)C4)cc21. The molecule has 4 aromatic heterocycles. The number of nitrogens with zero attached hydrogens (tertiary/aromatic N) is 5. The van der Waals surface area contributed by atoms with Crippen LogP contribution in [0.4, 0.5) is 5.69 Å². The van der Waals surface area contributed by atoms with E-state index in [-0.39, 0.29) is 158 Å². The number of aryl methyl sites for hydroxylation is 2. The third-order valence-corrected chi connectivity index (χ3v) is 35.8. The molecule has 3 aliphatic heterocycles. The van der Waals surface area contributed by atoms with Crippen LogP contribution in [0.15, 0.2) is 65.4 Å². The van der Waals surface area contributed by atoms with Crippen LogP contribution in [-0.2, 0) is 137 Å². The molecule has 45 nitrogen and oxygen atoms in total. The van der Waals surface area contributed by atoms with Crippen molar-refractivity contribution in [3.63, 3.8) is 0 Å². The number of allylic oxidation sites excluding steroid dienone is 1. The van der Waals surface area contributed by atoms with Crippen molar-refractivity contribution in [3.05, 3.63) is 121 Å². The van der Waals surface area contributed by atoms with Crippen molar-refractivity contribution in [3.8, 4) is 11.5 Å². The number of amides is 6. The Kier molecular flexibility index (Phi) is 44.5. The van der Waals surface area contributed by atoms with Gasteiger partial charge in [0.1, 0.15) is 34.4 Å². The number of methoxy groups -OCH3 is 2. The van der Waals surface area contributed by atoms with Gasteiger partial charge < -0.3 is 93.7 Å². The van der Waals surface area contributed by atoms with E-state index in [2.05, 4.69) is 68.7 Å². The van der Waals surface area contributed by atoms with Crippen LogP contribution < -0.4 is 40.2 Å². The summed E-state index contributed by atoms with van der Waals surface area (Å²) in [6.45, 7) is 32.6. The maximum Gasteiger partial charge on any atom is 0.347 e. The van der Waals surface area contributed by atoms with Gasteiger partial charge in [-0.3, -0.25) is 47.9 Å². The largest absolute Gasteiger partial charge is 0.451 e. The van der Waals surface area contributed by atoms with E-state index in [4.69, 9.17) is 42.6 Å². The molecule has 7 heterocycles. The van der Waals surface area contributed by atoms with Crippen LogP contribution in [0.2, 0.25) is 0 Å². The number of hydrogen-bond donors (Lipinski definition) is 9. The molecular weight excluding hydrogens is 2080 g/mol. The molecule has 2 aromatic carbocycles. The molecule has 8 atom stereocenters. The van der Waals surface area contributed by atoms with Gasteiger partial charge in [-0.2, -0.15) is 8.61 Å². The fraction of sp³-hybridized carbons (Fsp3) is 0.535. The Morgan fingerprint density at radius 2 is 0.947 bits per heavy atom. The van der Waals surface area contributed by atoms with Crippen LogP contribution in [0.3, 0.4) is 0 Å². The summed E-state index contributed by atoms with van der Waals surface area (Å²) in [6, 6.07) is 10.4. The highest BCUT2D eigenvalue weighted by atomic mass is 32.3. The molecule has 0 saturated carbocycles. The first-order chi connectivity index (χ1) is 70.8. The molecule has 4 aliphatic rings. The molecule has 9 N–H and O–H groups in total. The number of aliphatic hydroxyl groups is 1. The predicted molar refractivity (Wildman–Crippen MR) is 551 cm³/mol. The molecule has 824 valence electrons. The summed E-state index contributed by atoms with van der Waals surface area (Å²) in [4.78, 5) is 193. The van der Waals surface area contributed by atoms with E-state index in [0.29, 0.717) is 135 Å². The maximum atomic E-state index is 14.0. The fourth-order valence-electron chi connectivity index (χ4n) is 16.8. The summed E-state index contributed by atoms with van der Waals surface area (Å²) in [6.07, 6.45) is -4.99. The van der Waals surface area contributed by atoms with Crippen molar-refractivity contribution < 1.29 is 149 Å². The second kappa shape index (κ2) is 54.9. The third kappa shape index (κ3) is 31.5. The Hall–Kier alpha value is -11.9. The van der Waals surface area contributed by atoms with E-state index in [1.807, 2.05) is 18.6 Å². The van der Waals surface area contributed by atoms with Crippen LogP contribution in [-0.4, -0.2) is 311 Å². The molecule has 0 fully saturated rings. The predicted octanol–water partition coefficient (Wildman–Crippen LogP) is 7.29. The monoisotopic (exact) mass is 2210 g/mol. The van der Waals surface area contributed by atoms with Gasteiger partial charge in [-0.15, -0.1) is 22.7 Å². The van der Waals surface area contributed by atoms with E-state index >= 15 is 0 Å². The highest BCUT2D eigenvalue weighted by molar-refractivity contribution is 7.95. The van der Waals surface area contributed by atoms with Gasteiger partial charge in [0.2, 0.25) is 5.91 Å². The lowest BCUT2D eigenvalue weighted by molar-refractivity contribution is -0.179. The summed E-state index contributed by atoms with van der Waals surface area (Å²) < 4.78 is 160. The van der Waals surface area contributed by atoms with Gasteiger partial charge >= 0.3 is 41.8 Å². The minimum atomic E-state index is -4.81. The number of aromatic nitrogens is 2. The zero-order valence-corrected chi connectivity index (χ0v) is 92.2. The second-order valence-corrected chi connectivity index (χ2v) is 46.0. The van der Waals surface area contributed by atoms with Gasteiger partial charge in [0, 0.05) is 175 Å². The molecule has 6 amide bonds. The minimum Gasteiger partial charge on any atom is -0.451 e. The summed E-state index contributed by atoms with van der Waals surface area (Å²) in [7, 11) is -14.9. The number of ketones is 1. The molecule has 51 heteroatoms. The number of carbonyl (C=O) groups excluding carboxylic acids is 14. The number of fused-ring (bicyclic) bond motifs is 4. The molecule has 10 rings (SSSR count). The quantitative estimate of drug-likeness (QED) is 0.00594. The van der Waals surface area contributed by atoms with Crippen molar-refractivity contribution >= 4 is 175 Å². The lowest BCUT2D eigenvalue weighted by Crippen LogP contribution is -2.47. The van der Waals surface area contributed by atoms with Gasteiger partial charge in [0.25, 0.3) is 69.6 Å². The highest BCUT2D eigenvalue weighted by Gasteiger charge is 2.46. The first kappa shape index (κ1) is 122. The van der Waals surface area contributed by atoms with E-state index < -0.39 is 157 Å². The average molecular weight is 2210 g/mol. The molecule has 0 saturated heterocycles. The number of rotatable bonds is 53. The van der Waals surface area contributed by atoms with Crippen LogP contribution >= 0.6 is 22.7 Å². The van der Waals surface area contributed by atoms with Gasteiger partial charge in [-0.25, -0.2) is 62.3 Å². The van der Waals surface area contributed by atoms with Crippen molar-refractivity contribution in [2.45, 2.75) is 247 Å². The van der Waals surface area contributed by atoms with Crippen LogP contribution in [0.25, 0.3) is 23.3 Å². The van der Waals surface area contributed by atoms with Gasteiger partial charge in [-0.05, 0) is 224 Å². The number of carbonyl (C=O) groups is 14. The van der Waals surface area contributed by atoms with Crippen LogP contribution in [0, 0.1) is 27.7 Å². The summed E-state index contributed by atoms with van der Waals surface area (Å²) >= 11 is 0.855. The normalized spacial score (nSPS) is 16.9. The molecule has 150 heavy (non-hydrogen) atoms. The zero-order chi connectivity index (χ0) is 111. The number of benzene rings is 2. The van der Waals surface area contributed by atoms with E-state index in [1.54, 1.807) is 81.0 Å². The fourth-order valence-corrected chi connectivity index (χ4v) is 26.6. The number of likely N-dealkylation sites (N-methyl/N-ethyl adjacent to an activating group) is 4. The first-order valence-corrected chi connectivity index (χ1v) is 56.8. The molecular formula is C99H135N13O32S6. The number of hydrogen-bond acceptors (Lipinski definition) is 37. The van der Waals surface area contributed by atoms with Crippen molar-refractivity contribution in [2.75, 3.05) is 124 Å². The smallest absolute Gasteiger partial charge is 0.347 e. The topological polar surface area (TPSA) is 599 Å². The number of nitrogens with one attached hydrogen (secondary N) is 8. The number of ether oxygens (including phenoxy) is 9. The number of thiophene rings is 2. The van der Waals surface area contributed by atoms with Crippen molar-refractivity contribution in [2.24, 2.45) is 0 Å². The maximum absolute atomic E-state index is 14.0. The third-order valence-electron chi connectivity index (χ3n) is 25.1. The number of aliphatic hydroxyl groups excluding tert-OH is 1. The Balaban J connectivity index is 0.000000333. The molecule has 0 radical (unpaired) electrons. The Morgan fingerprint density at radius 1 is 0.520 bits per heavy atom. The van der Waals surface area contributed by atoms with Gasteiger partial charge in [0.05, 0.1) is 22.7 Å². The molecule has 0 bridgehead atoms. The molecule has 0 unspecified atom stereocenters. The van der Waals surface area contributed by atoms with Crippen LogP contribution in [0.5, 0.6) is 11.5 Å². The Labute approximate surface area is 880 Å². The summed E-state index contributed by atoms with van der Waals surface area (Å²) in [5.41, 5.74) is 8.19. The number of anilines is 1. The molecule has 1 aliphatic carbocycles. The zero-order valence-electron chi connectivity index (χ0n) is 87.3. The van der Waals surface area contributed by atoms with Gasteiger partial charge in [0.15, 0.2) is 36.3 Å². The standard InChI is InChI=1S/C50H68N6O16S3.C49H67N7O16S3/c1-10-51-40-28-56(21-15-23-68-9)75(66,67)50-38(40)27-44(73-50)74(64,65)54-46(60)31(6)70-49(63)33(8)71-48(62)32(7)69-42(58)16-13-14-17-43(59)72-35-19-18-34-24-41(57)37(36(34)25-35)26-39-29(4)45(30(5)53-39)47(61)52-20-22-55(11-2)12-3;1-10-54(11-2)22-20-50-46(62)43-28(4)38(51-29(43)5)25-35-34-24-33(18-19-37(34)52-45(35)61)72-41(59)17-14-13-16-40(58)56(12-3)39-27-55(21-15-23-69-9)75(67,68)49-36(39)26-42(73-49)74(65,66)53-44(60)31(7)70-48(64)32(8)71-47(63)30(6)57/h18-19,25-27,31-33,40,51,53H,10-17,20-24,28H2,1-9H3,(H,52,61)(H,54,60);18-19,24-26,30-32,39,51,57H,10-17,20-23,27H2,1-9H3,(H,50,62)(H,52,61)(H,53,60)/b37-26+;35-25-/t31-,32-,33-,40-;30-,31-,32-,39-/m00/s1.